The molecule has 0 fully saturated rings. The van der Waals surface area contributed by atoms with E-state index in [-0.39, 0.29) is 30.1 Å². The summed E-state index contributed by atoms with van der Waals surface area (Å²) >= 11 is 0. The highest BCUT2D eigenvalue weighted by molar-refractivity contribution is 5.99. The topological polar surface area (TPSA) is 78.9 Å². The number of aromatic nitrogens is 2. The van der Waals surface area contributed by atoms with Crippen LogP contribution in [0.5, 0.6) is 0 Å². The molecular formula is C23H20F3N5O. The monoisotopic (exact) mass is 439 g/mol. The zero-order valence-electron chi connectivity index (χ0n) is 17.0. The van der Waals surface area contributed by atoms with E-state index in [4.69, 9.17) is 0 Å². The molecule has 0 saturated heterocycles. The molecular weight excluding hydrogens is 419 g/mol. The van der Waals surface area contributed by atoms with Crippen molar-refractivity contribution in [2.24, 2.45) is 0 Å². The number of nitrogens with one attached hydrogen (secondary N) is 3. The van der Waals surface area contributed by atoms with Crippen LogP contribution in [-0.4, -0.2) is 15.9 Å². The number of hydrogen-bond acceptors (Lipinski definition) is 5. The molecule has 164 valence electrons. The highest BCUT2D eigenvalue weighted by Crippen LogP contribution is 2.38. The molecule has 32 heavy (non-hydrogen) atoms. The predicted molar refractivity (Wildman–Crippen MR) is 115 cm³/mol. The average Bonchev–Trinajstić information content (AvgIpc) is 3.13. The Labute approximate surface area is 182 Å². The van der Waals surface area contributed by atoms with E-state index in [0.717, 1.165) is 41.4 Å². The maximum absolute atomic E-state index is 13.7. The summed E-state index contributed by atoms with van der Waals surface area (Å²) < 4.78 is 41.0. The summed E-state index contributed by atoms with van der Waals surface area (Å²) in [6, 6.07) is 12.7. The van der Waals surface area contributed by atoms with Gasteiger partial charge in [-0.2, -0.15) is 18.2 Å². The van der Waals surface area contributed by atoms with Gasteiger partial charge >= 0.3 is 6.18 Å². The quantitative estimate of drug-likeness (QED) is 0.519. The molecule has 2 heterocycles. The second kappa shape index (κ2) is 7.81. The average molecular weight is 439 g/mol. The van der Waals surface area contributed by atoms with E-state index >= 15 is 0 Å². The summed E-state index contributed by atoms with van der Waals surface area (Å²) in [5.74, 6) is -0.307. The molecule has 1 aliphatic carbocycles. The minimum absolute atomic E-state index is 0.0434. The van der Waals surface area contributed by atoms with Crippen molar-refractivity contribution in [3.8, 4) is 0 Å². The molecule has 0 spiro atoms. The minimum Gasteiger partial charge on any atom is -0.363 e. The normalized spacial score (nSPS) is 17.3. The molecule has 9 heteroatoms. The highest BCUT2D eigenvalue weighted by Gasteiger charge is 2.36. The maximum atomic E-state index is 13.7. The van der Waals surface area contributed by atoms with E-state index in [1.54, 1.807) is 18.2 Å². The van der Waals surface area contributed by atoms with Gasteiger partial charge in [-0.1, -0.05) is 24.3 Å². The summed E-state index contributed by atoms with van der Waals surface area (Å²) in [5, 5.41) is 8.72. The Morgan fingerprint density at radius 2 is 1.94 bits per heavy atom. The number of aryl methyl sites for hydroxylation is 1. The van der Waals surface area contributed by atoms with Crippen LogP contribution in [0.15, 0.2) is 48.7 Å². The van der Waals surface area contributed by atoms with Crippen molar-refractivity contribution in [1.29, 1.82) is 0 Å². The lowest BCUT2D eigenvalue weighted by atomic mass is 9.87. The Kier molecular flexibility index (Phi) is 4.96. The van der Waals surface area contributed by atoms with Gasteiger partial charge in [0.1, 0.15) is 11.4 Å². The Hall–Kier alpha value is -3.62. The van der Waals surface area contributed by atoms with E-state index in [1.165, 1.54) is 0 Å². The lowest BCUT2D eigenvalue weighted by Gasteiger charge is -2.28. The van der Waals surface area contributed by atoms with Crippen LogP contribution >= 0.6 is 0 Å². The fraction of sp³-hybridized carbons (Fsp3) is 0.261. The molecule has 1 atom stereocenters. The third-order valence-electron chi connectivity index (χ3n) is 5.76. The van der Waals surface area contributed by atoms with Crippen LogP contribution in [0.25, 0.3) is 0 Å². The molecule has 1 unspecified atom stereocenters. The van der Waals surface area contributed by atoms with Crippen molar-refractivity contribution in [3.63, 3.8) is 0 Å². The van der Waals surface area contributed by atoms with Gasteiger partial charge in [-0.05, 0) is 54.2 Å². The fourth-order valence-electron chi connectivity index (χ4n) is 4.26. The molecule has 0 radical (unpaired) electrons. The summed E-state index contributed by atoms with van der Waals surface area (Å²) in [7, 11) is 0. The standard InChI is InChI=1S/C23H20F3N5O/c24-23(25,26)17-12-27-22(28-15-8-9-18-14(10-15)11-20(32)29-18)31-21(17)30-19-7-3-5-13-4-1-2-6-16(13)19/h1-2,4,6,8-10,12,19H,3,5,7,11H2,(H,29,32)(H2,27,28,30,31). The molecule has 5 rings (SSSR count). The zero-order chi connectivity index (χ0) is 22.3. The fourth-order valence-corrected chi connectivity index (χ4v) is 4.26. The van der Waals surface area contributed by atoms with Gasteiger partial charge in [0.25, 0.3) is 0 Å². The lowest BCUT2D eigenvalue weighted by molar-refractivity contribution is -0.137. The number of anilines is 4. The second-order valence-electron chi connectivity index (χ2n) is 7.96. The Morgan fingerprint density at radius 3 is 2.78 bits per heavy atom. The van der Waals surface area contributed by atoms with E-state index in [1.807, 2.05) is 24.3 Å². The Bertz CT molecular complexity index is 1190. The van der Waals surface area contributed by atoms with Gasteiger partial charge in [0, 0.05) is 17.6 Å². The van der Waals surface area contributed by atoms with Crippen LogP contribution < -0.4 is 16.0 Å². The summed E-state index contributed by atoms with van der Waals surface area (Å²) in [5.41, 5.74) is 3.36. The first-order valence-corrected chi connectivity index (χ1v) is 10.4. The molecule has 3 N–H and O–H groups in total. The third-order valence-corrected chi connectivity index (χ3v) is 5.76. The number of hydrogen-bond donors (Lipinski definition) is 3. The Morgan fingerprint density at radius 1 is 1.09 bits per heavy atom. The summed E-state index contributed by atoms with van der Waals surface area (Å²) in [4.78, 5) is 19.6. The van der Waals surface area contributed by atoms with Crippen molar-refractivity contribution in [2.45, 2.75) is 37.9 Å². The van der Waals surface area contributed by atoms with Gasteiger partial charge in [-0.15, -0.1) is 0 Å². The molecule has 1 amide bonds. The first-order valence-electron chi connectivity index (χ1n) is 10.4. The van der Waals surface area contributed by atoms with E-state index < -0.39 is 11.7 Å². The zero-order valence-corrected chi connectivity index (χ0v) is 17.0. The number of fused-ring (bicyclic) bond motifs is 2. The number of nitrogens with zero attached hydrogens (tertiary/aromatic N) is 2. The van der Waals surface area contributed by atoms with Gasteiger partial charge < -0.3 is 16.0 Å². The lowest BCUT2D eigenvalue weighted by Crippen LogP contribution is -2.21. The predicted octanol–water partition coefficient (Wildman–Crippen LogP) is 5.22. The highest BCUT2D eigenvalue weighted by atomic mass is 19.4. The first-order chi connectivity index (χ1) is 15.4. The van der Waals surface area contributed by atoms with Gasteiger partial charge in [-0.3, -0.25) is 4.79 Å². The van der Waals surface area contributed by atoms with Crippen LogP contribution in [0.2, 0.25) is 0 Å². The van der Waals surface area contributed by atoms with Crippen LogP contribution in [0.1, 0.15) is 41.1 Å². The van der Waals surface area contributed by atoms with Gasteiger partial charge in [0.05, 0.1) is 12.5 Å². The first kappa shape index (κ1) is 20.3. The number of alkyl halides is 3. The van der Waals surface area contributed by atoms with Crippen LogP contribution in [0.4, 0.5) is 36.3 Å². The van der Waals surface area contributed by atoms with Crippen molar-refractivity contribution < 1.29 is 18.0 Å². The van der Waals surface area contributed by atoms with Crippen LogP contribution in [-0.2, 0) is 23.8 Å². The summed E-state index contributed by atoms with van der Waals surface area (Å²) in [6.45, 7) is 0. The van der Waals surface area contributed by atoms with Gasteiger partial charge in [-0.25, -0.2) is 4.98 Å². The molecule has 0 saturated carbocycles. The molecule has 3 aromatic rings. The molecule has 0 bridgehead atoms. The SMILES string of the molecule is O=C1Cc2cc(Nc3ncc(C(F)(F)F)c(NC4CCCc5ccccc54)n3)ccc2N1. The molecule has 2 aromatic carbocycles. The smallest absolute Gasteiger partial charge is 0.363 e. The number of halogens is 3. The minimum atomic E-state index is -4.59. The van der Waals surface area contributed by atoms with Crippen molar-refractivity contribution in [1.82, 2.24) is 9.97 Å². The third kappa shape index (κ3) is 3.98. The number of rotatable bonds is 4. The summed E-state index contributed by atoms with van der Waals surface area (Å²) in [6.07, 6.45) is -1.03. The maximum Gasteiger partial charge on any atom is 0.421 e. The number of carbonyl (C=O) groups excluding carboxylic acids is 1. The van der Waals surface area contributed by atoms with Crippen LogP contribution in [0, 0.1) is 0 Å². The van der Waals surface area contributed by atoms with Gasteiger partial charge in [0.15, 0.2) is 0 Å². The van der Waals surface area contributed by atoms with Crippen LogP contribution in [0.3, 0.4) is 0 Å². The van der Waals surface area contributed by atoms with Gasteiger partial charge in [0.2, 0.25) is 11.9 Å². The van der Waals surface area contributed by atoms with Crippen molar-refractivity contribution >= 4 is 29.0 Å². The molecule has 1 aromatic heterocycles. The number of amides is 1. The van der Waals surface area contributed by atoms with Crippen molar-refractivity contribution in [3.05, 3.63) is 70.9 Å². The van der Waals surface area contributed by atoms with E-state index in [9.17, 15) is 18.0 Å². The Balaban J connectivity index is 1.45. The second-order valence-corrected chi connectivity index (χ2v) is 7.96. The number of benzene rings is 2. The molecule has 2 aliphatic rings. The van der Waals surface area contributed by atoms with E-state index in [2.05, 4.69) is 25.9 Å². The molecule has 6 nitrogen and oxygen atoms in total. The number of carbonyl (C=O) groups is 1. The van der Waals surface area contributed by atoms with Crippen molar-refractivity contribution in [2.75, 3.05) is 16.0 Å². The molecule has 1 aliphatic heterocycles. The largest absolute Gasteiger partial charge is 0.421 e. The van der Waals surface area contributed by atoms with E-state index in [0.29, 0.717) is 12.1 Å².